The first-order valence-electron chi connectivity index (χ1n) is 10.6. The minimum Gasteiger partial charge on any atom is -0.504 e. The van der Waals surface area contributed by atoms with Gasteiger partial charge in [0.15, 0.2) is 11.5 Å². The average Bonchev–Trinajstić information content (AvgIpc) is 2.99. The van der Waals surface area contributed by atoms with Crippen molar-refractivity contribution in [3.8, 4) is 11.5 Å². The van der Waals surface area contributed by atoms with Crippen LogP contribution in [0.5, 0.6) is 11.5 Å². The van der Waals surface area contributed by atoms with Crippen molar-refractivity contribution in [2.45, 2.75) is 51.7 Å². The van der Waals surface area contributed by atoms with Gasteiger partial charge in [0.25, 0.3) is 0 Å². The van der Waals surface area contributed by atoms with E-state index in [0.29, 0.717) is 25.4 Å². The number of benzene rings is 1. The topological polar surface area (TPSA) is 99.0 Å². The maximum atomic E-state index is 12.6. The summed E-state index contributed by atoms with van der Waals surface area (Å²) in [5.41, 5.74) is 1.86. The van der Waals surface area contributed by atoms with Crippen LogP contribution in [0, 0.1) is 23.2 Å². The van der Waals surface area contributed by atoms with Gasteiger partial charge in [-0.25, -0.2) is 0 Å². The van der Waals surface area contributed by atoms with Crippen molar-refractivity contribution in [3.05, 3.63) is 35.4 Å². The molecule has 6 nitrogen and oxygen atoms in total. The van der Waals surface area contributed by atoms with Crippen molar-refractivity contribution in [1.29, 1.82) is 0 Å². The smallest absolute Gasteiger partial charge is 0.311 e. The minimum atomic E-state index is -0.588. The van der Waals surface area contributed by atoms with Crippen molar-refractivity contribution in [2.24, 2.45) is 23.2 Å². The van der Waals surface area contributed by atoms with Crippen LogP contribution in [0.25, 0.3) is 0 Å². The Balaban J connectivity index is 1.40. The Labute approximate surface area is 171 Å². The third kappa shape index (κ3) is 3.42. The van der Waals surface area contributed by atoms with Crippen LogP contribution in [0.4, 0.5) is 0 Å². The predicted molar refractivity (Wildman–Crippen MR) is 108 cm³/mol. The molecular formula is C23H31NO5. The molecule has 1 aromatic rings. The van der Waals surface area contributed by atoms with E-state index in [1.54, 1.807) is 12.1 Å². The fraction of sp³-hybridized carbons (Fsp3) is 0.609. The normalized spacial score (nSPS) is 36.2. The van der Waals surface area contributed by atoms with Gasteiger partial charge < -0.3 is 25.4 Å². The van der Waals surface area contributed by atoms with E-state index in [1.807, 2.05) is 0 Å². The lowest BCUT2D eigenvalue weighted by Crippen LogP contribution is -2.54. The molecule has 1 saturated heterocycles. The van der Waals surface area contributed by atoms with E-state index < -0.39 is 6.10 Å². The summed E-state index contributed by atoms with van der Waals surface area (Å²) in [6.07, 6.45) is 4.91. The number of rotatable bonds is 5. The Morgan fingerprint density at radius 1 is 1.28 bits per heavy atom. The maximum Gasteiger partial charge on any atom is 0.311 e. The number of phenolic OH excluding ortho intramolecular Hbond substituents is 2. The molecule has 29 heavy (non-hydrogen) atoms. The van der Waals surface area contributed by atoms with Gasteiger partial charge in [0.2, 0.25) is 0 Å². The molecule has 0 aromatic heterocycles. The van der Waals surface area contributed by atoms with Gasteiger partial charge in [-0.1, -0.05) is 31.6 Å². The molecule has 0 bridgehead atoms. The summed E-state index contributed by atoms with van der Waals surface area (Å²) in [4.78, 5) is 12.6. The van der Waals surface area contributed by atoms with Gasteiger partial charge in [-0.2, -0.15) is 0 Å². The first-order valence-corrected chi connectivity index (χ1v) is 10.6. The molecule has 2 aliphatic carbocycles. The number of carbonyl (C=O) groups excluding carboxylic acids is 1. The fourth-order valence-electron chi connectivity index (χ4n) is 5.51. The van der Waals surface area contributed by atoms with Gasteiger partial charge >= 0.3 is 5.97 Å². The summed E-state index contributed by atoms with van der Waals surface area (Å²) in [7, 11) is 0. The van der Waals surface area contributed by atoms with E-state index in [2.05, 4.69) is 25.2 Å². The number of aromatic hydroxyl groups is 2. The molecule has 0 unspecified atom stereocenters. The van der Waals surface area contributed by atoms with Gasteiger partial charge in [0.05, 0.1) is 12.0 Å². The zero-order valence-electron chi connectivity index (χ0n) is 17.1. The quantitative estimate of drug-likeness (QED) is 0.262. The highest BCUT2D eigenvalue weighted by Gasteiger charge is 2.59. The maximum absolute atomic E-state index is 12.6. The van der Waals surface area contributed by atoms with E-state index in [-0.39, 0.29) is 40.8 Å². The first-order chi connectivity index (χ1) is 13.8. The number of fused-ring (bicyclic) bond motifs is 2. The lowest BCUT2D eigenvalue weighted by atomic mass is 9.55. The number of esters is 1. The molecule has 2 fully saturated rings. The number of aliphatic hydroxyl groups excluding tert-OH is 1. The minimum absolute atomic E-state index is 0.131. The Bertz CT molecular complexity index is 821. The number of allylic oxidation sites excluding steroid dienone is 1. The van der Waals surface area contributed by atoms with Crippen LogP contribution in [0.2, 0.25) is 0 Å². The number of hydrogen-bond acceptors (Lipinski definition) is 6. The van der Waals surface area contributed by atoms with Gasteiger partial charge in [0, 0.05) is 24.3 Å². The molecule has 1 aliphatic heterocycles. The highest BCUT2D eigenvalue weighted by atomic mass is 16.6. The van der Waals surface area contributed by atoms with E-state index in [0.717, 1.165) is 24.8 Å². The molecule has 4 N–H and O–H groups in total. The second kappa shape index (κ2) is 7.65. The molecule has 6 atom stereocenters. The van der Waals surface area contributed by atoms with E-state index in [4.69, 9.17) is 4.74 Å². The summed E-state index contributed by atoms with van der Waals surface area (Å²) >= 11 is 0. The molecule has 0 amide bonds. The third-order valence-corrected chi connectivity index (χ3v) is 7.56. The number of carbonyl (C=O) groups is 1. The number of nitrogens with one attached hydrogen (secondary N) is 1. The standard InChI is InChI=1S/C23H31NO5/c1-13-4-3-5-15-11-19-20(21(27)23(13,15)2)16(22(28)29-19)12-24-9-8-14-6-7-17(25)18(26)10-14/h5-7,10,13,16,19-21,24-27H,3-4,8-9,11-12H2,1-2H3/t13-,16+,19-,20-,21-,23-/m1/s1. The molecule has 0 spiro atoms. The van der Waals surface area contributed by atoms with Gasteiger partial charge in [-0.3, -0.25) is 4.79 Å². The summed E-state index contributed by atoms with van der Waals surface area (Å²) in [5.74, 6) is -0.638. The second-order valence-electron chi connectivity index (χ2n) is 9.08. The van der Waals surface area contributed by atoms with E-state index >= 15 is 0 Å². The summed E-state index contributed by atoms with van der Waals surface area (Å²) in [6.45, 7) is 5.44. The SMILES string of the molecule is C[C@@H]1CCC=C2C[C@H]3OC(=O)[C@@H](CNCCc4ccc(O)c(O)c4)[C@H]3[C@@H](O)[C@@]21C. The average molecular weight is 402 g/mol. The van der Waals surface area contributed by atoms with Crippen LogP contribution in [0.3, 0.4) is 0 Å². The van der Waals surface area contributed by atoms with Crippen LogP contribution < -0.4 is 5.32 Å². The lowest BCUT2D eigenvalue weighted by molar-refractivity contribution is -0.144. The van der Waals surface area contributed by atoms with Crippen LogP contribution in [-0.4, -0.2) is 46.6 Å². The summed E-state index contributed by atoms with van der Waals surface area (Å²) in [6, 6.07) is 4.78. The summed E-state index contributed by atoms with van der Waals surface area (Å²) < 4.78 is 5.68. The molecule has 6 heteroatoms. The Kier molecular flexibility index (Phi) is 5.34. The van der Waals surface area contributed by atoms with E-state index in [9.17, 15) is 20.1 Å². The second-order valence-corrected chi connectivity index (χ2v) is 9.08. The van der Waals surface area contributed by atoms with Crippen molar-refractivity contribution >= 4 is 5.97 Å². The summed E-state index contributed by atoms with van der Waals surface area (Å²) in [5, 5.41) is 33.6. The highest BCUT2D eigenvalue weighted by Crippen LogP contribution is 2.55. The zero-order chi connectivity index (χ0) is 20.8. The van der Waals surface area contributed by atoms with Crippen molar-refractivity contribution in [3.63, 3.8) is 0 Å². The Morgan fingerprint density at radius 2 is 2.07 bits per heavy atom. The number of phenols is 2. The van der Waals surface area contributed by atoms with Crippen LogP contribution in [0.15, 0.2) is 29.8 Å². The molecule has 3 aliphatic rings. The van der Waals surface area contributed by atoms with Gasteiger partial charge in [-0.15, -0.1) is 0 Å². The molecule has 158 valence electrons. The predicted octanol–water partition coefficient (Wildman–Crippen LogP) is 2.51. The monoisotopic (exact) mass is 401 g/mol. The van der Waals surface area contributed by atoms with Crippen LogP contribution in [0.1, 0.15) is 38.7 Å². The van der Waals surface area contributed by atoms with Crippen molar-refractivity contribution < 1.29 is 24.9 Å². The van der Waals surface area contributed by atoms with Crippen LogP contribution >= 0.6 is 0 Å². The number of hydrogen-bond donors (Lipinski definition) is 4. The Morgan fingerprint density at radius 3 is 2.83 bits per heavy atom. The lowest BCUT2D eigenvalue weighted by Gasteiger charge is -2.51. The van der Waals surface area contributed by atoms with Gasteiger partial charge in [0.1, 0.15) is 6.10 Å². The van der Waals surface area contributed by atoms with Crippen molar-refractivity contribution in [1.82, 2.24) is 5.32 Å². The first kappa shape index (κ1) is 20.2. The molecular weight excluding hydrogens is 370 g/mol. The zero-order valence-corrected chi connectivity index (χ0v) is 17.1. The Hall–Kier alpha value is -2.05. The third-order valence-electron chi connectivity index (χ3n) is 7.56. The largest absolute Gasteiger partial charge is 0.504 e. The molecule has 0 radical (unpaired) electrons. The molecule has 1 heterocycles. The number of ether oxygens (including phenoxy) is 1. The van der Waals surface area contributed by atoms with Crippen LogP contribution in [-0.2, 0) is 16.0 Å². The molecule has 4 rings (SSSR count). The van der Waals surface area contributed by atoms with E-state index in [1.165, 1.54) is 11.6 Å². The highest BCUT2D eigenvalue weighted by molar-refractivity contribution is 5.76. The fourth-order valence-corrected chi connectivity index (χ4v) is 5.51. The molecule has 1 aromatic carbocycles. The molecule has 1 saturated carbocycles. The number of aliphatic hydroxyl groups is 1. The van der Waals surface area contributed by atoms with Gasteiger partial charge in [-0.05, 0) is 49.4 Å². The van der Waals surface area contributed by atoms with Crippen molar-refractivity contribution in [2.75, 3.05) is 13.1 Å².